The lowest BCUT2D eigenvalue weighted by Crippen LogP contribution is -2.32. The van der Waals surface area contributed by atoms with E-state index in [2.05, 4.69) is 10.2 Å². The highest BCUT2D eigenvalue weighted by Gasteiger charge is 2.31. The summed E-state index contributed by atoms with van der Waals surface area (Å²) >= 11 is 0. The number of amides is 1. The Bertz CT molecular complexity index is 818. The fourth-order valence-corrected chi connectivity index (χ4v) is 3.61. The van der Waals surface area contributed by atoms with E-state index in [0.29, 0.717) is 36.7 Å². The smallest absolute Gasteiger partial charge is 0.274 e. The van der Waals surface area contributed by atoms with Crippen LogP contribution in [-0.4, -0.2) is 47.9 Å². The fourth-order valence-electron chi connectivity index (χ4n) is 3.61. The van der Waals surface area contributed by atoms with Crippen molar-refractivity contribution in [2.45, 2.75) is 45.9 Å². The first-order valence-corrected chi connectivity index (χ1v) is 9.21. The van der Waals surface area contributed by atoms with Crippen molar-refractivity contribution in [3.63, 3.8) is 0 Å². The monoisotopic (exact) mass is 373 g/mol. The van der Waals surface area contributed by atoms with Crippen molar-refractivity contribution < 1.29 is 19.0 Å². The standard InChI is InChI=1S/C20H27N3O4/c1-6-23(11-14-8-7-9-16(25-4)19(14)26-5)20(24)18-15-10-12(2)27-13(3)17(15)21-22-18/h7-9,12-13H,6,10-11H2,1-5H3,(H,21,22)/t12-,13+/m0/s1. The number of benzene rings is 1. The summed E-state index contributed by atoms with van der Waals surface area (Å²) in [5.41, 5.74) is 3.23. The molecule has 2 atom stereocenters. The molecule has 1 aliphatic rings. The predicted octanol–water partition coefficient (Wildman–Crippen LogP) is 3.11. The van der Waals surface area contributed by atoms with Gasteiger partial charge in [0.25, 0.3) is 5.91 Å². The Labute approximate surface area is 159 Å². The molecule has 1 aliphatic heterocycles. The Morgan fingerprint density at radius 1 is 1.33 bits per heavy atom. The number of nitrogens with one attached hydrogen (secondary N) is 1. The van der Waals surface area contributed by atoms with E-state index in [1.165, 1.54) is 0 Å². The molecule has 0 spiro atoms. The molecule has 1 N–H and O–H groups in total. The number of carbonyl (C=O) groups is 1. The molecular formula is C20H27N3O4. The van der Waals surface area contributed by atoms with Crippen molar-refractivity contribution in [2.75, 3.05) is 20.8 Å². The van der Waals surface area contributed by atoms with E-state index in [-0.39, 0.29) is 18.1 Å². The molecule has 0 aliphatic carbocycles. The first-order chi connectivity index (χ1) is 13.0. The van der Waals surface area contributed by atoms with E-state index >= 15 is 0 Å². The summed E-state index contributed by atoms with van der Waals surface area (Å²) in [6, 6.07) is 5.68. The van der Waals surface area contributed by atoms with Crippen LogP contribution in [0.1, 0.15) is 54.2 Å². The maximum Gasteiger partial charge on any atom is 0.274 e. The number of methoxy groups -OCH3 is 2. The van der Waals surface area contributed by atoms with E-state index < -0.39 is 0 Å². The number of rotatable bonds is 6. The number of ether oxygens (including phenoxy) is 3. The van der Waals surface area contributed by atoms with Gasteiger partial charge in [-0.3, -0.25) is 9.89 Å². The second-order valence-corrected chi connectivity index (χ2v) is 6.73. The van der Waals surface area contributed by atoms with Crippen molar-refractivity contribution in [1.82, 2.24) is 15.1 Å². The van der Waals surface area contributed by atoms with Gasteiger partial charge in [-0.15, -0.1) is 0 Å². The van der Waals surface area contributed by atoms with Crippen LogP contribution in [0.15, 0.2) is 18.2 Å². The maximum atomic E-state index is 13.2. The molecule has 0 fully saturated rings. The lowest BCUT2D eigenvalue weighted by molar-refractivity contribution is -0.00702. The third kappa shape index (κ3) is 3.64. The van der Waals surface area contributed by atoms with Crippen LogP contribution in [-0.2, 0) is 17.7 Å². The lowest BCUT2D eigenvalue weighted by atomic mass is 9.99. The number of carbonyl (C=O) groups excluding carboxylic acids is 1. The Hall–Kier alpha value is -2.54. The fraction of sp³-hybridized carbons (Fsp3) is 0.500. The van der Waals surface area contributed by atoms with Crippen molar-refractivity contribution in [1.29, 1.82) is 0 Å². The average molecular weight is 373 g/mol. The van der Waals surface area contributed by atoms with Crippen LogP contribution in [0.25, 0.3) is 0 Å². The van der Waals surface area contributed by atoms with E-state index in [1.807, 2.05) is 39.0 Å². The number of aromatic amines is 1. The lowest BCUT2D eigenvalue weighted by Gasteiger charge is -2.26. The van der Waals surface area contributed by atoms with Gasteiger partial charge in [0.2, 0.25) is 0 Å². The van der Waals surface area contributed by atoms with Crippen LogP contribution in [0.3, 0.4) is 0 Å². The highest BCUT2D eigenvalue weighted by Crippen LogP contribution is 2.33. The van der Waals surface area contributed by atoms with Gasteiger partial charge in [-0.1, -0.05) is 12.1 Å². The number of aromatic nitrogens is 2. The molecule has 0 radical (unpaired) electrons. The minimum Gasteiger partial charge on any atom is -0.493 e. The second kappa shape index (κ2) is 8.00. The molecule has 27 heavy (non-hydrogen) atoms. The summed E-state index contributed by atoms with van der Waals surface area (Å²) in [4.78, 5) is 15.0. The van der Waals surface area contributed by atoms with Gasteiger partial charge in [-0.05, 0) is 26.8 Å². The van der Waals surface area contributed by atoms with Gasteiger partial charge in [-0.25, -0.2) is 0 Å². The minimum absolute atomic E-state index is 0.0604. The maximum absolute atomic E-state index is 13.2. The molecule has 1 amide bonds. The first kappa shape index (κ1) is 19.2. The molecule has 2 heterocycles. The summed E-state index contributed by atoms with van der Waals surface area (Å²) in [5, 5.41) is 7.31. The van der Waals surface area contributed by atoms with Crippen LogP contribution in [0, 0.1) is 0 Å². The average Bonchev–Trinajstić information content (AvgIpc) is 3.09. The van der Waals surface area contributed by atoms with Gasteiger partial charge in [0.05, 0.1) is 32.1 Å². The Balaban J connectivity index is 1.89. The van der Waals surface area contributed by atoms with Gasteiger partial charge in [-0.2, -0.15) is 5.10 Å². The number of para-hydroxylation sites is 1. The van der Waals surface area contributed by atoms with Crippen LogP contribution < -0.4 is 9.47 Å². The first-order valence-electron chi connectivity index (χ1n) is 9.21. The molecule has 7 heteroatoms. The van der Waals surface area contributed by atoms with E-state index in [0.717, 1.165) is 16.8 Å². The van der Waals surface area contributed by atoms with Gasteiger partial charge in [0.15, 0.2) is 17.2 Å². The Kier molecular flexibility index (Phi) is 5.70. The van der Waals surface area contributed by atoms with Crippen molar-refractivity contribution >= 4 is 5.91 Å². The van der Waals surface area contributed by atoms with Crippen LogP contribution in [0.5, 0.6) is 11.5 Å². The van der Waals surface area contributed by atoms with Gasteiger partial charge in [0, 0.05) is 30.6 Å². The molecule has 146 valence electrons. The molecule has 2 aromatic rings. The van der Waals surface area contributed by atoms with Crippen LogP contribution in [0.2, 0.25) is 0 Å². The number of fused-ring (bicyclic) bond motifs is 1. The van der Waals surface area contributed by atoms with E-state index in [4.69, 9.17) is 14.2 Å². The summed E-state index contributed by atoms with van der Waals surface area (Å²) in [7, 11) is 3.21. The zero-order valence-electron chi connectivity index (χ0n) is 16.5. The third-order valence-electron chi connectivity index (χ3n) is 4.95. The third-order valence-corrected chi connectivity index (χ3v) is 4.95. The Morgan fingerprint density at radius 3 is 2.78 bits per heavy atom. The zero-order chi connectivity index (χ0) is 19.6. The SMILES string of the molecule is CCN(Cc1cccc(OC)c1OC)C(=O)c1n[nH]c2c1C[C@H](C)O[C@@H]2C. The molecule has 7 nitrogen and oxygen atoms in total. The topological polar surface area (TPSA) is 76.7 Å². The quantitative estimate of drug-likeness (QED) is 0.842. The van der Waals surface area contributed by atoms with Gasteiger partial charge >= 0.3 is 0 Å². The highest BCUT2D eigenvalue weighted by molar-refractivity contribution is 5.94. The van der Waals surface area contributed by atoms with Crippen molar-refractivity contribution in [3.8, 4) is 11.5 Å². The van der Waals surface area contributed by atoms with Crippen molar-refractivity contribution in [2.24, 2.45) is 0 Å². The summed E-state index contributed by atoms with van der Waals surface area (Å²) in [6.07, 6.45) is 0.647. The normalized spacial score (nSPS) is 18.7. The second-order valence-electron chi connectivity index (χ2n) is 6.73. The van der Waals surface area contributed by atoms with Gasteiger partial charge < -0.3 is 19.1 Å². The highest BCUT2D eigenvalue weighted by atomic mass is 16.5. The number of nitrogens with zero attached hydrogens (tertiary/aromatic N) is 2. The van der Waals surface area contributed by atoms with Crippen molar-refractivity contribution in [3.05, 3.63) is 40.7 Å². The largest absolute Gasteiger partial charge is 0.493 e. The predicted molar refractivity (Wildman–Crippen MR) is 101 cm³/mol. The number of H-pyrrole nitrogens is 1. The minimum atomic E-state index is -0.0961. The molecule has 0 saturated heterocycles. The van der Waals surface area contributed by atoms with Gasteiger partial charge in [0.1, 0.15) is 0 Å². The molecule has 1 aromatic heterocycles. The van der Waals surface area contributed by atoms with E-state index in [1.54, 1.807) is 19.1 Å². The number of hydrogen-bond donors (Lipinski definition) is 1. The molecule has 3 rings (SSSR count). The molecule has 0 saturated carbocycles. The van der Waals surface area contributed by atoms with E-state index in [9.17, 15) is 4.79 Å². The summed E-state index contributed by atoms with van der Waals surface area (Å²) in [5.74, 6) is 1.20. The van der Waals surface area contributed by atoms with Crippen LogP contribution >= 0.6 is 0 Å². The molecular weight excluding hydrogens is 346 g/mol. The summed E-state index contributed by atoms with van der Waals surface area (Å²) < 4.78 is 16.7. The molecule has 1 aromatic carbocycles. The molecule has 0 bridgehead atoms. The molecule has 0 unspecified atom stereocenters. The number of hydrogen-bond acceptors (Lipinski definition) is 5. The zero-order valence-corrected chi connectivity index (χ0v) is 16.5. The van der Waals surface area contributed by atoms with Crippen LogP contribution in [0.4, 0.5) is 0 Å². The Morgan fingerprint density at radius 2 is 2.11 bits per heavy atom. The summed E-state index contributed by atoms with van der Waals surface area (Å²) in [6.45, 7) is 6.92.